The van der Waals surface area contributed by atoms with Crippen molar-refractivity contribution < 1.29 is 0 Å². The molecular formula is C128H110Cl4N8Sn2. The first kappa shape index (κ1) is 88.4. The van der Waals surface area contributed by atoms with Crippen LogP contribution in [0.3, 0.4) is 0 Å². The van der Waals surface area contributed by atoms with E-state index in [-0.39, 0.29) is 43.3 Å². The zero-order chi connectivity index (χ0) is 98.5. The van der Waals surface area contributed by atoms with Gasteiger partial charge in [-0.1, -0.05) is 0 Å². The molecule has 0 amide bonds. The monoisotopic (exact) mass is 2140 g/mol. The number of fused-ring (bicyclic) bond motifs is 9. The van der Waals surface area contributed by atoms with Gasteiger partial charge in [-0.05, 0) is 0 Å². The molecule has 0 radical (unpaired) electrons. The quantitative estimate of drug-likeness (QED) is 0.0957. The first-order chi connectivity index (χ1) is 66.9. The summed E-state index contributed by atoms with van der Waals surface area (Å²) in [5.41, 5.74) is 25.8. The first-order valence-corrected chi connectivity index (χ1v) is 70.0. The van der Waals surface area contributed by atoms with E-state index in [1.807, 2.05) is 0 Å². The van der Waals surface area contributed by atoms with Crippen LogP contribution in [0.25, 0.3) is 170 Å². The second-order valence-corrected chi connectivity index (χ2v) is 77.9. The molecule has 4 aromatic heterocycles. The molecule has 14 heteroatoms. The third-order valence-electron chi connectivity index (χ3n) is 32.9. The van der Waals surface area contributed by atoms with Gasteiger partial charge in [0.05, 0.1) is 0 Å². The fourth-order valence-corrected chi connectivity index (χ4v) is 47.0. The Labute approximate surface area is 849 Å². The molecular weight excluding hydrogens is 2030 g/mol. The van der Waals surface area contributed by atoms with E-state index in [1.165, 1.54) is 104 Å². The summed E-state index contributed by atoms with van der Waals surface area (Å²) in [4.78, 5) is 26.1. The van der Waals surface area contributed by atoms with Gasteiger partial charge in [0.2, 0.25) is 0 Å². The molecule has 0 saturated carbocycles. The van der Waals surface area contributed by atoms with E-state index in [0.717, 1.165) is 214 Å². The number of rotatable bonds is 4. The molecule has 12 heterocycles. The van der Waals surface area contributed by atoms with Crippen molar-refractivity contribution in [2.75, 3.05) is 0 Å². The number of nitrogens with zero attached hydrogens (tertiary/aromatic N) is 8. The van der Waals surface area contributed by atoms with Crippen LogP contribution in [-0.4, -0.2) is 61.6 Å². The standard InChI is InChI=1S/C128H110N8.4ClH.2Sn/c1-121(2,3)73-43-69(44-74(53-73)122(4,5)6)103-91-39-41-93(129-91)111-82-38-36-66-34-32-63-27-25-29-67-51-83(110(82)108(66)101(63)67)85-58-98(132-116(85)111)106(72-49-79(127(19,20)21)56-80(50-72)128(22,23)24)100-62-89-88-61-99-105(71-47-77(125(13,14)15)55-78(48-71)126(16,17)18)97-57-84-81-37-35-65-33-31-64-28-26-30-68-52-90(109(81)107(65)102(64)68)112(115(84)131-97)94-42-40-92(130-94)104(70-45-75(123(7,8)9)54-76(46-70)124(10,11)12)96-60-87-86-59-95(103)133-117(86)114(120(89)136-100)113(118(87)134-96)119(88)135-99;;;;;;/h25-62H,1-24H3;4*1H;;/q-4;;;;;2*+4/p-4. The van der Waals surface area contributed by atoms with Crippen LogP contribution in [0.15, 0.2) is 244 Å². The summed E-state index contributed by atoms with van der Waals surface area (Å²) < 4.78 is 10.2. The van der Waals surface area contributed by atoms with Crippen molar-refractivity contribution in [2.45, 2.75) is 209 Å². The van der Waals surface area contributed by atoms with E-state index < -0.39 is 33.3 Å². The van der Waals surface area contributed by atoms with Gasteiger partial charge in [-0.3, -0.25) is 0 Å². The van der Waals surface area contributed by atoms with Crippen molar-refractivity contribution in [3.63, 3.8) is 0 Å². The summed E-state index contributed by atoms with van der Waals surface area (Å²) >= 11 is -12.4. The van der Waals surface area contributed by atoms with Crippen LogP contribution in [0, 0.1) is 10.6 Å². The average molecular weight is 2140 g/mol. The van der Waals surface area contributed by atoms with Gasteiger partial charge in [0.15, 0.2) is 0 Å². The number of aliphatic imine (C=N–C) groups is 3. The Morgan fingerprint density at radius 3 is 1.08 bits per heavy atom. The Morgan fingerprint density at radius 1 is 0.246 bits per heavy atom. The Bertz CT molecular complexity index is 10200. The molecule has 0 saturated heterocycles. The Hall–Kier alpha value is -11.3. The zero-order valence-corrected chi connectivity index (χ0v) is 93.8. The number of halogens is 4. The topological polar surface area (TPSA) is 69.2 Å². The van der Waals surface area contributed by atoms with E-state index in [2.05, 4.69) is 408 Å². The maximum absolute atomic E-state index is 10.1. The van der Waals surface area contributed by atoms with Crippen LogP contribution < -0.4 is 31.7 Å². The maximum atomic E-state index is 10.1. The number of allylic oxidation sites excluding steroid dienone is 3. The zero-order valence-electron chi connectivity index (χ0n) is 85.0. The van der Waals surface area contributed by atoms with E-state index in [1.54, 1.807) is 0 Å². The Kier molecular flexibility index (Phi) is 17.5. The van der Waals surface area contributed by atoms with E-state index in [0.29, 0.717) is 0 Å². The summed E-state index contributed by atoms with van der Waals surface area (Å²) in [5.74, 6) is 0. The van der Waals surface area contributed by atoms with Gasteiger partial charge in [-0.25, -0.2) is 0 Å². The first-order valence-electron chi connectivity index (χ1n) is 50.5. The molecule has 0 fully saturated rings. The van der Waals surface area contributed by atoms with E-state index >= 15 is 0 Å². The molecule has 0 spiro atoms. The van der Waals surface area contributed by atoms with Crippen molar-refractivity contribution in [1.82, 2.24) is 11.2 Å². The molecule has 8 nitrogen and oxygen atoms in total. The van der Waals surface area contributed by atoms with Crippen molar-refractivity contribution >= 4 is 268 Å². The molecule has 16 aromatic carbocycles. The predicted molar refractivity (Wildman–Crippen MR) is 611 cm³/mol. The summed E-state index contributed by atoms with van der Waals surface area (Å²) in [5, 5.41) is 30.9. The van der Waals surface area contributed by atoms with Crippen molar-refractivity contribution in [1.29, 1.82) is 0 Å². The van der Waals surface area contributed by atoms with Gasteiger partial charge in [0, 0.05) is 0 Å². The molecule has 28 rings (SSSR count). The number of hydrogen-bond donors (Lipinski definition) is 0. The molecule has 0 atom stereocenters. The summed E-state index contributed by atoms with van der Waals surface area (Å²) in [6, 6.07) is 78.7. The van der Waals surface area contributed by atoms with Crippen LogP contribution in [-0.2, 0) is 43.3 Å². The second kappa shape index (κ2) is 28.0. The van der Waals surface area contributed by atoms with Crippen molar-refractivity contribution in [3.05, 3.63) is 350 Å². The van der Waals surface area contributed by atoms with E-state index in [4.69, 9.17) is 20.0 Å². The predicted octanol–water partition coefficient (Wildman–Crippen LogP) is 29.8. The number of hydrogen-bond acceptors (Lipinski definition) is 4. The van der Waals surface area contributed by atoms with E-state index in [9.17, 15) is 35.7 Å². The van der Waals surface area contributed by atoms with Crippen molar-refractivity contribution in [2.24, 2.45) is 20.0 Å². The van der Waals surface area contributed by atoms with Gasteiger partial charge in [0.1, 0.15) is 0 Å². The third-order valence-corrected chi connectivity index (χ3v) is 53.5. The van der Waals surface area contributed by atoms with Crippen LogP contribution in [0.1, 0.15) is 250 Å². The summed E-state index contributed by atoms with van der Waals surface area (Å²) in [6.45, 7) is 56.3. The number of aromatic nitrogens is 4. The molecule has 142 heavy (non-hydrogen) atoms. The SMILES string of the molecule is CC(C)(C)c1cc(C2=C3C=c4c(c(c5ccc6ccc7cccc8cc4c5c6c78)=c4ccc5[n]4[Sn]([Cl])([Cl])[n]4c2cc2c6c7c8c(c9c(c%10cc%11[n](c%108)[Sn]([Cl])([Cl])[n]8c(cc%10c%12ccc%13ccc%14cccc%15cc(c(c%108)C8=NC(=C%11c%10cc(C(C)(C)C)cc(C(C)(C)C)c%10)C=C8)c%12c%13c%14%15)=C(c8cc(C(C)(C)C)cc(C(C)(C)C)c8)C(=N7)C=6)=CC(=N9)C=5c5cc(C(C)(C)C)cc(C(C)(C)C)c5)c24)=N3)cc(C(C)(C)C)c1. The van der Waals surface area contributed by atoms with Gasteiger partial charge in [-0.2, -0.15) is 0 Å². The molecule has 0 N–H and O–H groups in total. The fraction of sp³-hybridized carbons (Fsp3) is 0.250. The van der Waals surface area contributed by atoms with Crippen LogP contribution in [0.2, 0.25) is 0 Å². The Morgan fingerprint density at radius 2 is 0.627 bits per heavy atom. The summed E-state index contributed by atoms with van der Waals surface area (Å²) in [6.07, 6.45) is 11.9. The van der Waals surface area contributed by atoms with Gasteiger partial charge < -0.3 is 0 Å². The third kappa shape index (κ3) is 12.0. The average Bonchev–Trinajstić information content (AvgIpc) is 1.49. The molecule has 0 aliphatic carbocycles. The minimum atomic E-state index is -6.20. The van der Waals surface area contributed by atoms with Crippen molar-refractivity contribution in [3.8, 4) is 0 Å². The van der Waals surface area contributed by atoms with Gasteiger partial charge in [-0.15, -0.1) is 0 Å². The molecule has 698 valence electrons. The molecule has 12 bridgehead atoms. The molecule has 8 aliphatic rings. The molecule has 20 aromatic rings. The fourth-order valence-electron chi connectivity index (χ4n) is 25.3. The van der Waals surface area contributed by atoms with Crippen LogP contribution in [0.4, 0.5) is 11.4 Å². The number of benzene rings is 16. The molecule has 0 unspecified atom stereocenters. The second-order valence-electron chi connectivity index (χ2n) is 50.3. The van der Waals surface area contributed by atoms with Crippen LogP contribution in [0.5, 0.6) is 0 Å². The molecule has 8 aliphatic heterocycles. The van der Waals surface area contributed by atoms with Crippen LogP contribution >= 0.6 is 35.7 Å². The Balaban J connectivity index is 0.926. The van der Waals surface area contributed by atoms with Gasteiger partial charge >= 0.3 is 858 Å². The normalized spacial score (nSPS) is 16.5. The minimum absolute atomic E-state index is 0.302. The van der Waals surface area contributed by atoms with Gasteiger partial charge in [0.25, 0.3) is 0 Å². The summed E-state index contributed by atoms with van der Waals surface area (Å²) in [7, 11) is 40.3.